The predicted molar refractivity (Wildman–Crippen MR) is 59.6 cm³/mol. The molecule has 0 saturated carbocycles. The first-order valence-electron chi connectivity index (χ1n) is 5.61. The van der Waals surface area contributed by atoms with Gasteiger partial charge in [-0.2, -0.15) is 0 Å². The molecule has 0 aromatic carbocycles. The third kappa shape index (κ3) is 2.35. The van der Waals surface area contributed by atoms with Gasteiger partial charge in [-0.15, -0.1) is 0 Å². The lowest BCUT2D eigenvalue weighted by molar-refractivity contribution is -0.255. The maximum absolute atomic E-state index is 10.0. The van der Waals surface area contributed by atoms with Crippen molar-refractivity contribution in [1.82, 2.24) is 0 Å². The van der Waals surface area contributed by atoms with Crippen LogP contribution in [0.3, 0.4) is 0 Å². The molecule has 0 aromatic rings. The average molecular weight is 216 g/mol. The van der Waals surface area contributed by atoms with Crippen LogP contribution in [0, 0.1) is 11.3 Å². The molecule has 1 rings (SSSR count). The number of aliphatic hydroxyl groups excluding tert-OH is 2. The van der Waals surface area contributed by atoms with Crippen LogP contribution in [0.15, 0.2) is 0 Å². The Balaban J connectivity index is 2.94. The highest BCUT2D eigenvalue weighted by molar-refractivity contribution is 4.98. The number of hydrogen-bond donors (Lipinski definition) is 2. The molecule has 90 valence electrons. The van der Waals surface area contributed by atoms with E-state index in [4.69, 9.17) is 4.74 Å². The summed E-state index contributed by atoms with van der Waals surface area (Å²) < 4.78 is 5.92. The molecule has 1 fully saturated rings. The van der Waals surface area contributed by atoms with Crippen LogP contribution >= 0.6 is 0 Å². The number of ether oxygens (including phenoxy) is 1. The Bertz CT molecular complexity index is 230. The summed E-state index contributed by atoms with van der Waals surface area (Å²) in [5.41, 5.74) is -0.561. The van der Waals surface area contributed by atoms with Crippen LogP contribution < -0.4 is 0 Å². The van der Waals surface area contributed by atoms with Crippen LogP contribution in [-0.4, -0.2) is 34.1 Å². The lowest BCUT2D eigenvalue weighted by Gasteiger charge is -2.50. The summed E-state index contributed by atoms with van der Waals surface area (Å²) in [5, 5.41) is 20.0. The zero-order valence-electron chi connectivity index (χ0n) is 10.6. The van der Waals surface area contributed by atoms with Crippen molar-refractivity contribution in [2.45, 2.75) is 65.5 Å². The number of rotatable bonds is 0. The van der Waals surface area contributed by atoms with Crippen molar-refractivity contribution in [3.63, 3.8) is 0 Å². The standard InChI is InChI=1S/C12H24O3/c1-7-8(13)9(14)10(11(2,3)4)15-12(7,5)6/h7-10,13-14H,1-6H3/t7-,8-,9?,10+/m0/s1. The summed E-state index contributed by atoms with van der Waals surface area (Å²) >= 11 is 0. The van der Waals surface area contributed by atoms with Gasteiger partial charge in [0, 0.05) is 5.92 Å². The SMILES string of the molecule is C[C@H]1[C@H](O)C(O)[C@H](C(C)(C)C)OC1(C)C. The quantitative estimate of drug-likeness (QED) is 0.646. The van der Waals surface area contributed by atoms with Gasteiger partial charge in [0.25, 0.3) is 0 Å². The predicted octanol–water partition coefficient (Wildman–Crippen LogP) is 1.57. The average Bonchev–Trinajstić information content (AvgIpc) is 2.07. The summed E-state index contributed by atoms with van der Waals surface area (Å²) in [5.74, 6) is -0.0638. The maximum atomic E-state index is 10.0. The number of aliphatic hydroxyl groups is 2. The van der Waals surface area contributed by atoms with E-state index >= 15 is 0 Å². The Morgan fingerprint density at radius 2 is 1.53 bits per heavy atom. The second-order valence-corrected chi connectivity index (χ2v) is 6.28. The molecule has 0 spiro atoms. The van der Waals surface area contributed by atoms with E-state index in [-0.39, 0.29) is 17.4 Å². The minimum atomic E-state index is -0.798. The van der Waals surface area contributed by atoms with E-state index in [9.17, 15) is 10.2 Å². The monoisotopic (exact) mass is 216 g/mol. The van der Waals surface area contributed by atoms with E-state index in [1.54, 1.807) is 0 Å². The fraction of sp³-hybridized carbons (Fsp3) is 1.00. The van der Waals surface area contributed by atoms with Crippen molar-refractivity contribution >= 4 is 0 Å². The highest BCUT2D eigenvalue weighted by Crippen LogP contribution is 2.40. The summed E-state index contributed by atoms with van der Waals surface area (Å²) in [7, 11) is 0. The molecule has 0 amide bonds. The molecule has 0 aliphatic carbocycles. The molecule has 4 atom stereocenters. The van der Waals surface area contributed by atoms with Crippen LogP contribution in [0.4, 0.5) is 0 Å². The summed E-state index contributed by atoms with van der Waals surface area (Å²) in [4.78, 5) is 0. The highest BCUT2D eigenvalue weighted by atomic mass is 16.5. The van der Waals surface area contributed by atoms with Crippen LogP contribution in [0.25, 0.3) is 0 Å². The van der Waals surface area contributed by atoms with E-state index in [0.29, 0.717) is 0 Å². The second kappa shape index (κ2) is 3.72. The van der Waals surface area contributed by atoms with Crippen LogP contribution in [-0.2, 0) is 4.74 Å². The largest absolute Gasteiger partial charge is 0.390 e. The van der Waals surface area contributed by atoms with Crippen molar-refractivity contribution in [2.24, 2.45) is 11.3 Å². The van der Waals surface area contributed by atoms with Gasteiger partial charge < -0.3 is 14.9 Å². The fourth-order valence-electron chi connectivity index (χ4n) is 2.08. The normalized spacial score (nSPS) is 41.6. The van der Waals surface area contributed by atoms with Gasteiger partial charge in [-0.25, -0.2) is 0 Å². The van der Waals surface area contributed by atoms with Gasteiger partial charge in [0.15, 0.2) is 0 Å². The minimum Gasteiger partial charge on any atom is -0.390 e. The molecule has 3 heteroatoms. The van der Waals surface area contributed by atoms with Gasteiger partial charge in [-0.3, -0.25) is 0 Å². The van der Waals surface area contributed by atoms with Gasteiger partial charge in [0.1, 0.15) is 6.10 Å². The van der Waals surface area contributed by atoms with Crippen LogP contribution in [0.5, 0.6) is 0 Å². The Labute approximate surface area is 92.4 Å². The molecule has 1 unspecified atom stereocenters. The molecular formula is C12H24O3. The Hall–Kier alpha value is -0.120. The molecule has 1 saturated heterocycles. The molecule has 15 heavy (non-hydrogen) atoms. The minimum absolute atomic E-state index is 0.0638. The van der Waals surface area contributed by atoms with Gasteiger partial charge in [0.05, 0.1) is 17.8 Å². The molecule has 1 aliphatic heterocycles. The van der Waals surface area contributed by atoms with E-state index in [0.717, 1.165) is 0 Å². The van der Waals surface area contributed by atoms with Crippen LogP contribution in [0.2, 0.25) is 0 Å². The molecule has 3 nitrogen and oxygen atoms in total. The van der Waals surface area contributed by atoms with Crippen molar-refractivity contribution in [1.29, 1.82) is 0 Å². The first-order valence-corrected chi connectivity index (χ1v) is 5.61. The summed E-state index contributed by atoms with van der Waals surface area (Å²) in [6.45, 7) is 11.9. The fourth-order valence-corrected chi connectivity index (χ4v) is 2.08. The third-order valence-corrected chi connectivity index (χ3v) is 3.55. The van der Waals surface area contributed by atoms with Gasteiger partial charge in [-0.1, -0.05) is 27.7 Å². The van der Waals surface area contributed by atoms with Gasteiger partial charge in [0.2, 0.25) is 0 Å². The maximum Gasteiger partial charge on any atom is 0.107 e. The lowest BCUT2D eigenvalue weighted by atomic mass is 9.74. The Kier molecular flexibility index (Phi) is 3.21. The summed E-state index contributed by atoms with van der Waals surface area (Å²) in [6, 6.07) is 0. The van der Waals surface area contributed by atoms with Crippen molar-refractivity contribution in [2.75, 3.05) is 0 Å². The summed E-state index contributed by atoms with van der Waals surface area (Å²) in [6.07, 6.45) is -1.83. The zero-order chi connectivity index (χ0) is 12.0. The first-order chi connectivity index (χ1) is 6.57. The molecule has 0 radical (unpaired) electrons. The van der Waals surface area contributed by atoms with Gasteiger partial charge in [-0.05, 0) is 19.3 Å². The smallest absolute Gasteiger partial charge is 0.107 e. The molecule has 0 aromatic heterocycles. The highest BCUT2D eigenvalue weighted by Gasteiger charge is 2.49. The molecule has 1 aliphatic rings. The van der Waals surface area contributed by atoms with Crippen molar-refractivity contribution < 1.29 is 14.9 Å². The topological polar surface area (TPSA) is 49.7 Å². The molecule has 2 N–H and O–H groups in total. The molecule has 1 heterocycles. The van der Waals surface area contributed by atoms with E-state index < -0.39 is 17.8 Å². The van der Waals surface area contributed by atoms with Crippen molar-refractivity contribution in [3.8, 4) is 0 Å². The lowest BCUT2D eigenvalue weighted by Crippen LogP contribution is -2.61. The van der Waals surface area contributed by atoms with Gasteiger partial charge >= 0.3 is 0 Å². The van der Waals surface area contributed by atoms with E-state index in [1.807, 2.05) is 41.5 Å². The Morgan fingerprint density at radius 3 is 1.93 bits per heavy atom. The van der Waals surface area contributed by atoms with Crippen LogP contribution in [0.1, 0.15) is 41.5 Å². The molecular weight excluding hydrogens is 192 g/mol. The zero-order valence-corrected chi connectivity index (χ0v) is 10.6. The van der Waals surface area contributed by atoms with Crippen molar-refractivity contribution in [3.05, 3.63) is 0 Å². The second-order valence-electron chi connectivity index (χ2n) is 6.28. The number of hydrogen-bond acceptors (Lipinski definition) is 3. The molecule has 0 bridgehead atoms. The van der Waals surface area contributed by atoms with E-state index in [2.05, 4.69) is 0 Å². The van der Waals surface area contributed by atoms with E-state index in [1.165, 1.54) is 0 Å². The Morgan fingerprint density at radius 1 is 1.07 bits per heavy atom. The first kappa shape index (κ1) is 12.9. The third-order valence-electron chi connectivity index (χ3n) is 3.55.